The third-order valence-electron chi connectivity index (χ3n) is 7.12. The van der Waals surface area contributed by atoms with Gasteiger partial charge < -0.3 is 19.9 Å². The molecule has 1 aromatic heterocycles. The van der Waals surface area contributed by atoms with Gasteiger partial charge in [0.05, 0.1) is 17.6 Å². The van der Waals surface area contributed by atoms with E-state index in [0.717, 1.165) is 41.1 Å². The monoisotopic (exact) mass is 508 g/mol. The summed E-state index contributed by atoms with van der Waals surface area (Å²) in [6, 6.07) is 23.1. The minimum Gasteiger partial charge on any atom is -0.480 e. The van der Waals surface area contributed by atoms with Crippen molar-refractivity contribution in [1.82, 2.24) is 14.9 Å². The second kappa shape index (κ2) is 10.9. The number of carbonyl (C=O) groups is 2. The van der Waals surface area contributed by atoms with Crippen LogP contribution in [0.25, 0.3) is 16.6 Å². The lowest BCUT2D eigenvalue weighted by Crippen LogP contribution is -2.38. The summed E-state index contributed by atoms with van der Waals surface area (Å²) in [7, 11) is 2.02. The Morgan fingerprint density at radius 2 is 1.76 bits per heavy atom. The Morgan fingerprint density at radius 1 is 1.03 bits per heavy atom. The Balaban J connectivity index is 1.45. The summed E-state index contributed by atoms with van der Waals surface area (Å²) in [5, 5.41) is 11.6. The van der Waals surface area contributed by atoms with Crippen LogP contribution in [0.3, 0.4) is 0 Å². The van der Waals surface area contributed by atoms with Gasteiger partial charge in [-0.2, -0.15) is 0 Å². The van der Waals surface area contributed by atoms with Gasteiger partial charge in [0.15, 0.2) is 0 Å². The number of benzene rings is 3. The highest BCUT2D eigenvalue weighted by molar-refractivity contribution is 5.96. The lowest BCUT2D eigenvalue weighted by atomic mass is 9.93. The quantitative estimate of drug-likeness (QED) is 0.302. The molecule has 1 heterocycles. The number of imidazole rings is 1. The minimum absolute atomic E-state index is 0.411. The zero-order valence-electron chi connectivity index (χ0n) is 21.7. The van der Waals surface area contributed by atoms with Gasteiger partial charge in [0.2, 0.25) is 5.95 Å². The number of hydrogen-bond acceptors (Lipinski definition) is 4. The van der Waals surface area contributed by atoms with E-state index in [1.54, 1.807) is 12.1 Å². The van der Waals surface area contributed by atoms with Crippen LogP contribution in [0.4, 0.5) is 11.6 Å². The number of nitrogens with one attached hydrogen (secondary N) is 1. The molecule has 5 rings (SSSR count). The second-order valence-corrected chi connectivity index (χ2v) is 9.80. The summed E-state index contributed by atoms with van der Waals surface area (Å²) >= 11 is 0. The van der Waals surface area contributed by atoms with Gasteiger partial charge in [-0.15, -0.1) is 0 Å². The Morgan fingerprint density at radius 3 is 2.42 bits per heavy atom. The molecule has 38 heavy (non-hydrogen) atoms. The molecule has 1 amide bonds. The first-order valence-electron chi connectivity index (χ1n) is 13.0. The highest BCUT2D eigenvalue weighted by atomic mass is 16.4. The zero-order chi connectivity index (χ0) is 26.6. The van der Waals surface area contributed by atoms with Gasteiger partial charge in [-0.05, 0) is 85.7 Å². The SMILES string of the molecule is C[C@H](NC(=O)c1ccc(CN(c2ccc(C3=CCCCC3)cc2)c2nc3ccccc3n2C)cc1)C(=O)O. The predicted octanol–water partition coefficient (Wildman–Crippen LogP) is 6.07. The van der Waals surface area contributed by atoms with E-state index >= 15 is 0 Å². The van der Waals surface area contributed by atoms with E-state index in [2.05, 4.69) is 51.2 Å². The number of amides is 1. The Kier molecular flexibility index (Phi) is 7.26. The van der Waals surface area contributed by atoms with Crippen LogP contribution in [0.2, 0.25) is 0 Å². The molecule has 0 radical (unpaired) electrons. The van der Waals surface area contributed by atoms with Crippen LogP contribution >= 0.6 is 0 Å². The van der Waals surface area contributed by atoms with Gasteiger partial charge >= 0.3 is 5.97 Å². The van der Waals surface area contributed by atoms with Gasteiger partial charge in [0.1, 0.15) is 6.04 Å². The first-order valence-corrected chi connectivity index (χ1v) is 13.0. The molecule has 194 valence electrons. The molecule has 0 aliphatic heterocycles. The van der Waals surface area contributed by atoms with E-state index in [1.807, 2.05) is 37.4 Å². The predicted molar refractivity (Wildman–Crippen MR) is 150 cm³/mol. The van der Waals surface area contributed by atoms with Crippen molar-refractivity contribution in [3.05, 3.63) is 95.6 Å². The van der Waals surface area contributed by atoms with Crippen molar-refractivity contribution in [3.8, 4) is 0 Å². The number of aryl methyl sites for hydroxylation is 1. The van der Waals surface area contributed by atoms with Crippen LogP contribution in [-0.2, 0) is 18.4 Å². The molecule has 0 saturated carbocycles. The number of anilines is 2. The molecule has 1 aliphatic rings. The number of carbonyl (C=O) groups excluding carboxylic acids is 1. The molecule has 0 spiro atoms. The first kappa shape index (κ1) is 25.3. The lowest BCUT2D eigenvalue weighted by Gasteiger charge is -2.25. The van der Waals surface area contributed by atoms with Crippen LogP contribution in [0.5, 0.6) is 0 Å². The normalized spacial score (nSPS) is 14.1. The van der Waals surface area contributed by atoms with Crippen molar-refractivity contribution < 1.29 is 14.7 Å². The maximum atomic E-state index is 12.4. The smallest absolute Gasteiger partial charge is 0.325 e. The maximum Gasteiger partial charge on any atom is 0.325 e. The highest BCUT2D eigenvalue weighted by Crippen LogP contribution is 2.32. The van der Waals surface area contributed by atoms with Gasteiger partial charge in [-0.25, -0.2) is 4.98 Å². The Hall–Kier alpha value is -4.39. The molecule has 0 unspecified atom stereocenters. The van der Waals surface area contributed by atoms with E-state index in [-0.39, 0.29) is 0 Å². The Bertz CT molecular complexity index is 1490. The number of aliphatic carboxylic acids is 1. The van der Waals surface area contributed by atoms with Crippen molar-refractivity contribution in [2.24, 2.45) is 7.05 Å². The maximum absolute atomic E-state index is 12.4. The van der Waals surface area contributed by atoms with Gasteiger partial charge in [-0.1, -0.05) is 42.5 Å². The van der Waals surface area contributed by atoms with Crippen molar-refractivity contribution in [2.75, 3.05) is 4.90 Å². The molecule has 1 atom stereocenters. The second-order valence-electron chi connectivity index (χ2n) is 9.80. The lowest BCUT2D eigenvalue weighted by molar-refractivity contribution is -0.138. The van der Waals surface area contributed by atoms with Crippen LogP contribution in [-0.4, -0.2) is 32.6 Å². The molecular weight excluding hydrogens is 476 g/mol. The number of aromatic nitrogens is 2. The fraction of sp³-hybridized carbons (Fsp3) is 0.258. The number of fused-ring (bicyclic) bond motifs is 1. The molecule has 7 heteroatoms. The van der Waals surface area contributed by atoms with Crippen LogP contribution in [0, 0.1) is 0 Å². The van der Waals surface area contributed by atoms with Crippen molar-refractivity contribution in [1.29, 1.82) is 0 Å². The minimum atomic E-state index is -1.07. The van der Waals surface area contributed by atoms with Crippen molar-refractivity contribution in [3.63, 3.8) is 0 Å². The van der Waals surface area contributed by atoms with Crippen LogP contribution < -0.4 is 10.2 Å². The van der Waals surface area contributed by atoms with Gasteiger partial charge in [-0.3, -0.25) is 9.59 Å². The van der Waals surface area contributed by atoms with Crippen molar-refractivity contribution >= 4 is 40.1 Å². The standard InChI is InChI=1S/C31H32N4O3/c1-21(30(37)38)32-29(36)25-14-12-22(13-15-25)20-35(31-33-27-10-6-7-11-28(27)34(31)2)26-18-16-24(17-19-26)23-8-4-3-5-9-23/h6-8,10-19,21H,3-5,9,20H2,1-2H3,(H,32,36)(H,37,38)/t21-/m0/s1. The summed E-state index contributed by atoms with van der Waals surface area (Å²) in [6.45, 7) is 1.99. The van der Waals surface area contributed by atoms with Crippen LogP contribution in [0.1, 0.15) is 54.1 Å². The van der Waals surface area contributed by atoms with E-state index < -0.39 is 17.9 Å². The van der Waals surface area contributed by atoms with Crippen molar-refractivity contribution in [2.45, 2.75) is 45.2 Å². The van der Waals surface area contributed by atoms with E-state index in [0.29, 0.717) is 12.1 Å². The largest absolute Gasteiger partial charge is 0.480 e. The van der Waals surface area contributed by atoms with E-state index in [1.165, 1.54) is 30.9 Å². The number of carboxylic acid groups (broad SMARTS) is 1. The first-order chi connectivity index (χ1) is 18.4. The van der Waals surface area contributed by atoms with Gasteiger partial charge in [0.25, 0.3) is 5.91 Å². The molecule has 0 fully saturated rings. The van der Waals surface area contributed by atoms with E-state index in [4.69, 9.17) is 10.1 Å². The fourth-order valence-corrected chi connectivity index (χ4v) is 4.89. The molecule has 0 saturated heterocycles. The van der Waals surface area contributed by atoms with Crippen LogP contribution in [0.15, 0.2) is 78.9 Å². The molecule has 0 bridgehead atoms. The summed E-state index contributed by atoms with van der Waals surface area (Å²) in [5.74, 6) is -0.655. The molecule has 1 aliphatic carbocycles. The van der Waals surface area contributed by atoms with Gasteiger partial charge in [0, 0.05) is 18.3 Å². The molecular formula is C31H32N4O3. The number of allylic oxidation sites excluding steroid dienone is 2. The summed E-state index contributed by atoms with van der Waals surface area (Å²) < 4.78 is 2.10. The number of carboxylic acids is 1. The third-order valence-corrected chi connectivity index (χ3v) is 7.12. The average molecular weight is 509 g/mol. The molecule has 2 N–H and O–H groups in total. The molecule has 3 aromatic carbocycles. The Labute approximate surface area is 222 Å². The summed E-state index contributed by atoms with van der Waals surface area (Å²) in [5.41, 5.74) is 7.11. The zero-order valence-corrected chi connectivity index (χ0v) is 21.7. The number of nitrogens with zero attached hydrogens (tertiary/aromatic N) is 3. The number of hydrogen-bond donors (Lipinski definition) is 2. The summed E-state index contributed by atoms with van der Waals surface area (Å²) in [4.78, 5) is 30.7. The average Bonchev–Trinajstić information content (AvgIpc) is 3.28. The molecule has 4 aromatic rings. The number of rotatable bonds is 8. The number of para-hydroxylation sites is 2. The fourth-order valence-electron chi connectivity index (χ4n) is 4.89. The highest BCUT2D eigenvalue weighted by Gasteiger charge is 2.19. The summed E-state index contributed by atoms with van der Waals surface area (Å²) in [6.07, 6.45) is 7.13. The molecule has 7 nitrogen and oxygen atoms in total. The third kappa shape index (κ3) is 5.32. The topological polar surface area (TPSA) is 87.5 Å². The van der Waals surface area contributed by atoms with E-state index in [9.17, 15) is 9.59 Å².